The fourth-order valence-electron chi connectivity index (χ4n) is 3.16. The first kappa shape index (κ1) is 16.7. The zero-order valence-electron chi connectivity index (χ0n) is 14.2. The first-order chi connectivity index (χ1) is 11.6. The highest BCUT2D eigenvalue weighted by molar-refractivity contribution is 6.04. The van der Waals surface area contributed by atoms with E-state index in [2.05, 4.69) is 24.1 Å². The maximum absolute atomic E-state index is 12.3. The third-order valence-corrected chi connectivity index (χ3v) is 4.15. The highest BCUT2D eigenvalue weighted by Crippen LogP contribution is 2.15. The van der Waals surface area contributed by atoms with Crippen LogP contribution in [0.1, 0.15) is 29.8 Å². The summed E-state index contributed by atoms with van der Waals surface area (Å²) in [5, 5.41) is 2.90. The molecule has 24 heavy (non-hydrogen) atoms. The van der Waals surface area contributed by atoms with Crippen molar-refractivity contribution in [1.82, 2.24) is 4.90 Å². The van der Waals surface area contributed by atoms with Gasteiger partial charge in [0, 0.05) is 30.9 Å². The second kappa shape index (κ2) is 7.60. The smallest absolute Gasteiger partial charge is 0.255 e. The van der Waals surface area contributed by atoms with Gasteiger partial charge in [-0.1, -0.05) is 30.3 Å². The van der Waals surface area contributed by atoms with Crippen molar-refractivity contribution in [3.05, 3.63) is 65.7 Å². The third kappa shape index (κ3) is 4.43. The number of rotatable bonds is 4. The summed E-state index contributed by atoms with van der Waals surface area (Å²) in [6.45, 7) is 7.00. The molecule has 1 fully saturated rings. The maximum atomic E-state index is 12.3. The minimum absolute atomic E-state index is 0.0821. The molecule has 0 aromatic heterocycles. The van der Waals surface area contributed by atoms with Gasteiger partial charge in [0.2, 0.25) is 0 Å². The second-order valence-corrected chi connectivity index (χ2v) is 6.47. The zero-order valence-corrected chi connectivity index (χ0v) is 14.2. The van der Waals surface area contributed by atoms with E-state index in [0.29, 0.717) is 5.56 Å². The normalized spacial score (nSPS) is 21.4. The van der Waals surface area contributed by atoms with Gasteiger partial charge in [-0.05, 0) is 43.7 Å². The Labute approximate surface area is 143 Å². The van der Waals surface area contributed by atoms with Crippen molar-refractivity contribution < 1.29 is 9.53 Å². The van der Waals surface area contributed by atoms with E-state index in [1.807, 2.05) is 54.6 Å². The lowest BCUT2D eigenvalue weighted by Gasteiger charge is -2.35. The molecular weight excluding hydrogens is 300 g/mol. The predicted molar refractivity (Wildman–Crippen MR) is 96.1 cm³/mol. The fourth-order valence-corrected chi connectivity index (χ4v) is 3.16. The molecule has 1 amide bonds. The molecule has 0 unspecified atom stereocenters. The van der Waals surface area contributed by atoms with Crippen LogP contribution in [0, 0.1) is 0 Å². The van der Waals surface area contributed by atoms with Crippen LogP contribution in [0.3, 0.4) is 0 Å². The summed E-state index contributed by atoms with van der Waals surface area (Å²) >= 11 is 0. The average molecular weight is 324 g/mol. The Balaban J connectivity index is 1.60. The summed E-state index contributed by atoms with van der Waals surface area (Å²) in [7, 11) is 0. The molecule has 4 nitrogen and oxygen atoms in total. The van der Waals surface area contributed by atoms with Crippen LogP contribution in [0.4, 0.5) is 5.69 Å². The molecule has 0 spiro atoms. The van der Waals surface area contributed by atoms with Crippen LogP contribution in [-0.4, -0.2) is 36.1 Å². The van der Waals surface area contributed by atoms with Crippen LogP contribution < -0.4 is 5.32 Å². The Bertz CT molecular complexity index is 660. The van der Waals surface area contributed by atoms with Crippen LogP contribution in [0.5, 0.6) is 0 Å². The number of ether oxygens (including phenoxy) is 1. The van der Waals surface area contributed by atoms with Gasteiger partial charge in [0.25, 0.3) is 5.91 Å². The number of carbonyl (C=O) groups excluding carboxylic acids is 1. The van der Waals surface area contributed by atoms with Crippen molar-refractivity contribution in [3.63, 3.8) is 0 Å². The minimum atomic E-state index is -0.0821. The average Bonchev–Trinajstić information content (AvgIpc) is 2.55. The molecule has 0 aliphatic carbocycles. The van der Waals surface area contributed by atoms with E-state index < -0.39 is 0 Å². The zero-order chi connectivity index (χ0) is 16.9. The topological polar surface area (TPSA) is 41.6 Å². The molecule has 126 valence electrons. The molecule has 2 aromatic rings. The second-order valence-electron chi connectivity index (χ2n) is 6.47. The summed E-state index contributed by atoms with van der Waals surface area (Å²) in [5.74, 6) is -0.0821. The first-order valence-corrected chi connectivity index (χ1v) is 8.43. The minimum Gasteiger partial charge on any atom is -0.373 e. The van der Waals surface area contributed by atoms with Crippen molar-refractivity contribution >= 4 is 11.6 Å². The SMILES string of the molecule is C[C@H]1CN(Cc2ccc(C(=O)Nc3ccccc3)cc2)C[C@H](C)O1. The van der Waals surface area contributed by atoms with Crippen LogP contribution in [0.15, 0.2) is 54.6 Å². The maximum Gasteiger partial charge on any atom is 0.255 e. The number of nitrogens with zero attached hydrogens (tertiary/aromatic N) is 1. The molecule has 1 aliphatic heterocycles. The highest BCUT2D eigenvalue weighted by atomic mass is 16.5. The van der Waals surface area contributed by atoms with E-state index in [1.165, 1.54) is 5.56 Å². The summed E-state index contributed by atoms with van der Waals surface area (Å²) < 4.78 is 5.77. The van der Waals surface area contributed by atoms with Gasteiger partial charge in [0.1, 0.15) is 0 Å². The van der Waals surface area contributed by atoms with Gasteiger partial charge >= 0.3 is 0 Å². The van der Waals surface area contributed by atoms with E-state index in [-0.39, 0.29) is 18.1 Å². The molecule has 0 saturated carbocycles. The Morgan fingerprint density at radius 2 is 1.67 bits per heavy atom. The van der Waals surface area contributed by atoms with Gasteiger partial charge in [-0.3, -0.25) is 9.69 Å². The Morgan fingerprint density at radius 3 is 2.29 bits per heavy atom. The molecule has 0 bridgehead atoms. The molecule has 1 aliphatic rings. The van der Waals surface area contributed by atoms with E-state index in [1.54, 1.807) is 0 Å². The number of carbonyl (C=O) groups is 1. The molecule has 0 radical (unpaired) electrons. The molecule has 2 aromatic carbocycles. The van der Waals surface area contributed by atoms with Crippen molar-refractivity contribution in [2.75, 3.05) is 18.4 Å². The quantitative estimate of drug-likeness (QED) is 0.935. The predicted octanol–water partition coefficient (Wildman–Crippen LogP) is 3.55. The molecule has 1 saturated heterocycles. The van der Waals surface area contributed by atoms with E-state index in [4.69, 9.17) is 4.74 Å². The van der Waals surface area contributed by atoms with Crippen molar-refractivity contribution in [3.8, 4) is 0 Å². The van der Waals surface area contributed by atoms with Crippen LogP contribution in [0.2, 0.25) is 0 Å². The molecular formula is C20H24N2O2. The molecule has 2 atom stereocenters. The number of nitrogens with one attached hydrogen (secondary N) is 1. The molecule has 1 heterocycles. The largest absolute Gasteiger partial charge is 0.373 e. The number of morpholine rings is 1. The van der Waals surface area contributed by atoms with Crippen LogP contribution in [-0.2, 0) is 11.3 Å². The summed E-state index contributed by atoms with van der Waals surface area (Å²) in [6.07, 6.45) is 0.536. The summed E-state index contributed by atoms with van der Waals surface area (Å²) in [4.78, 5) is 14.7. The monoisotopic (exact) mass is 324 g/mol. The highest BCUT2D eigenvalue weighted by Gasteiger charge is 2.22. The number of hydrogen-bond acceptors (Lipinski definition) is 3. The number of benzene rings is 2. The van der Waals surface area contributed by atoms with Gasteiger partial charge in [-0.25, -0.2) is 0 Å². The fraction of sp³-hybridized carbons (Fsp3) is 0.350. The van der Waals surface area contributed by atoms with E-state index in [0.717, 1.165) is 25.3 Å². The molecule has 1 N–H and O–H groups in total. The lowest BCUT2D eigenvalue weighted by molar-refractivity contribution is -0.0704. The number of amides is 1. The van der Waals surface area contributed by atoms with Crippen molar-refractivity contribution in [2.24, 2.45) is 0 Å². The summed E-state index contributed by atoms with van der Waals surface area (Å²) in [6, 6.07) is 17.3. The van der Waals surface area contributed by atoms with Gasteiger partial charge in [-0.15, -0.1) is 0 Å². The number of hydrogen-bond donors (Lipinski definition) is 1. The van der Waals surface area contributed by atoms with Gasteiger partial charge in [0.05, 0.1) is 12.2 Å². The van der Waals surface area contributed by atoms with Gasteiger partial charge < -0.3 is 10.1 Å². The Kier molecular flexibility index (Phi) is 5.28. The standard InChI is InChI=1S/C20H24N2O2/c1-15-12-22(13-16(2)24-15)14-17-8-10-18(11-9-17)20(23)21-19-6-4-3-5-7-19/h3-11,15-16H,12-14H2,1-2H3,(H,21,23)/t15-,16-/m0/s1. The van der Waals surface area contributed by atoms with Crippen molar-refractivity contribution in [2.45, 2.75) is 32.6 Å². The number of anilines is 1. The van der Waals surface area contributed by atoms with E-state index >= 15 is 0 Å². The summed E-state index contributed by atoms with van der Waals surface area (Å²) in [5.41, 5.74) is 2.70. The number of para-hydroxylation sites is 1. The van der Waals surface area contributed by atoms with E-state index in [9.17, 15) is 4.79 Å². The first-order valence-electron chi connectivity index (χ1n) is 8.43. The molecule has 4 heteroatoms. The Hall–Kier alpha value is -2.17. The van der Waals surface area contributed by atoms with Gasteiger partial charge in [0.15, 0.2) is 0 Å². The molecule has 3 rings (SSSR count). The lowest BCUT2D eigenvalue weighted by atomic mass is 10.1. The Morgan fingerprint density at radius 1 is 1.04 bits per heavy atom. The third-order valence-electron chi connectivity index (χ3n) is 4.15. The lowest BCUT2D eigenvalue weighted by Crippen LogP contribution is -2.44. The van der Waals surface area contributed by atoms with Crippen LogP contribution >= 0.6 is 0 Å². The van der Waals surface area contributed by atoms with Crippen LogP contribution in [0.25, 0.3) is 0 Å². The van der Waals surface area contributed by atoms with Crippen molar-refractivity contribution in [1.29, 1.82) is 0 Å². The van der Waals surface area contributed by atoms with Gasteiger partial charge in [-0.2, -0.15) is 0 Å².